The maximum atomic E-state index is 12.3. The van der Waals surface area contributed by atoms with Crippen LogP contribution in [0.2, 0.25) is 0 Å². The Kier molecular flexibility index (Phi) is 62.8. The number of hydrogen-bond acceptors (Lipinski definition) is 5. The molecule has 0 aromatic rings. The van der Waals surface area contributed by atoms with Gasteiger partial charge in [0, 0.05) is 12.8 Å². The molecule has 0 aromatic carbocycles. The Balaban J connectivity index is 3.42. The molecule has 0 rings (SSSR count). The van der Waals surface area contributed by atoms with Crippen LogP contribution in [0.15, 0.2) is 60.8 Å². The normalized spacial score (nSPS) is 12.5. The molecule has 0 aromatic heterocycles. The molecule has 0 spiro atoms. The van der Waals surface area contributed by atoms with Crippen LogP contribution in [-0.4, -0.2) is 36.4 Å². The molecule has 0 saturated heterocycles. The van der Waals surface area contributed by atoms with Crippen LogP contribution in [-0.2, 0) is 19.1 Å². The molecule has 1 N–H and O–H groups in total. The lowest BCUT2D eigenvalue weighted by Crippen LogP contribution is -2.28. The van der Waals surface area contributed by atoms with E-state index >= 15 is 0 Å². The monoisotopic (exact) mass is 1030 g/mol. The Morgan fingerprint density at radius 1 is 0.324 bits per heavy atom. The molecule has 1 atom stereocenters. The number of hydrogen-bond donors (Lipinski definition) is 1. The molecule has 1 unspecified atom stereocenters. The zero-order chi connectivity index (χ0) is 53.4. The highest BCUT2D eigenvalue weighted by atomic mass is 16.6. The van der Waals surface area contributed by atoms with Crippen LogP contribution in [0.5, 0.6) is 0 Å². The van der Waals surface area contributed by atoms with E-state index in [1.165, 1.54) is 250 Å². The summed E-state index contributed by atoms with van der Waals surface area (Å²) in [4.78, 5) is 24.6. The van der Waals surface area contributed by atoms with Crippen molar-refractivity contribution < 1.29 is 24.2 Å². The number of ether oxygens (including phenoxy) is 2. The van der Waals surface area contributed by atoms with Gasteiger partial charge in [0.25, 0.3) is 0 Å². The molecule has 0 aliphatic rings. The maximum Gasteiger partial charge on any atom is 0.306 e. The number of aliphatic hydroxyl groups is 1. The standard InChI is InChI=1S/C69H126O5/c1-3-5-7-9-11-13-15-17-19-21-23-25-27-29-31-33-34-36-37-39-41-43-45-47-49-51-53-55-57-59-61-63-68(71)73-66-67(65-70)74-69(72)64-62-60-58-56-54-52-50-48-46-44-42-40-38-35-32-30-28-26-24-22-20-18-16-14-12-10-8-6-4-2/h6,8,12,14,18,20,24,26,30,32,67,70H,3-5,7,9-11,13,15-17,19,21-23,25,27-29,31,33-66H2,1-2H3/b8-6-,14-12-,20-18-,26-24-,32-30-. The number of allylic oxidation sites excluding steroid dienone is 10. The second-order valence-corrected chi connectivity index (χ2v) is 22.2. The molecule has 5 nitrogen and oxygen atoms in total. The SMILES string of the molecule is CC/C=C\C/C=C\C/C=C\C/C=C\C/C=C\CCCCCCCCCCCCCCCC(=O)OC(CO)COC(=O)CCCCCCCCCCCCCCCCCCCCCCCCCCCCCCCCC. The van der Waals surface area contributed by atoms with Crippen molar-refractivity contribution in [2.75, 3.05) is 13.2 Å². The summed E-state index contributed by atoms with van der Waals surface area (Å²) in [5.74, 6) is -0.575. The summed E-state index contributed by atoms with van der Waals surface area (Å²) >= 11 is 0. The third-order valence-electron chi connectivity index (χ3n) is 14.8. The zero-order valence-corrected chi connectivity index (χ0v) is 49.6. The first-order valence-electron chi connectivity index (χ1n) is 32.8. The van der Waals surface area contributed by atoms with E-state index in [-0.39, 0.29) is 25.2 Å². The van der Waals surface area contributed by atoms with Gasteiger partial charge < -0.3 is 14.6 Å². The van der Waals surface area contributed by atoms with Crippen LogP contribution >= 0.6 is 0 Å². The van der Waals surface area contributed by atoms with Crippen molar-refractivity contribution in [3.8, 4) is 0 Å². The van der Waals surface area contributed by atoms with Gasteiger partial charge in [0.15, 0.2) is 6.10 Å². The third-order valence-corrected chi connectivity index (χ3v) is 14.8. The predicted octanol–water partition coefficient (Wildman–Crippen LogP) is 22.5. The molecule has 0 radical (unpaired) electrons. The topological polar surface area (TPSA) is 72.8 Å². The molecule has 0 heterocycles. The first-order valence-corrected chi connectivity index (χ1v) is 32.8. The number of carbonyl (C=O) groups is 2. The van der Waals surface area contributed by atoms with Gasteiger partial charge in [0.05, 0.1) is 6.61 Å². The van der Waals surface area contributed by atoms with Crippen LogP contribution < -0.4 is 0 Å². The van der Waals surface area contributed by atoms with Gasteiger partial charge in [-0.3, -0.25) is 9.59 Å². The molecular weight excluding hydrogens is 909 g/mol. The lowest BCUT2D eigenvalue weighted by atomic mass is 10.0. The van der Waals surface area contributed by atoms with Crippen molar-refractivity contribution >= 4 is 11.9 Å². The summed E-state index contributed by atoms with van der Waals surface area (Å²) in [7, 11) is 0. The van der Waals surface area contributed by atoms with Crippen molar-refractivity contribution in [1.29, 1.82) is 0 Å². The first-order chi connectivity index (χ1) is 36.6. The van der Waals surface area contributed by atoms with Gasteiger partial charge >= 0.3 is 11.9 Å². The molecule has 0 fully saturated rings. The van der Waals surface area contributed by atoms with Gasteiger partial charge in [-0.05, 0) is 57.8 Å². The summed E-state index contributed by atoms with van der Waals surface area (Å²) in [6, 6.07) is 0. The number of unbranched alkanes of at least 4 members (excludes halogenated alkanes) is 43. The van der Waals surface area contributed by atoms with Gasteiger partial charge in [-0.1, -0.05) is 338 Å². The largest absolute Gasteiger partial charge is 0.462 e. The van der Waals surface area contributed by atoms with Gasteiger partial charge in [0.1, 0.15) is 6.61 Å². The summed E-state index contributed by atoms with van der Waals surface area (Å²) in [5.41, 5.74) is 0. The summed E-state index contributed by atoms with van der Waals surface area (Å²) in [5, 5.41) is 9.69. The van der Waals surface area contributed by atoms with Crippen molar-refractivity contribution in [3.63, 3.8) is 0 Å². The smallest absolute Gasteiger partial charge is 0.306 e. The Morgan fingerprint density at radius 3 is 0.878 bits per heavy atom. The van der Waals surface area contributed by atoms with E-state index in [0.717, 1.165) is 70.6 Å². The average Bonchev–Trinajstić information content (AvgIpc) is 3.40. The van der Waals surface area contributed by atoms with Gasteiger partial charge in [-0.25, -0.2) is 0 Å². The first kappa shape index (κ1) is 71.6. The van der Waals surface area contributed by atoms with Crippen LogP contribution in [0, 0.1) is 0 Å². The molecule has 0 aliphatic heterocycles. The summed E-state index contributed by atoms with van der Waals surface area (Å²) in [6.07, 6.45) is 88.1. The molecule has 432 valence electrons. The summed E-state index contributed by atoms with van der Waals surface area (Å²) < 4.78 is 10.8. The number of aliphatic hydroxyl groups excluding tert-OH is 1. The minimum Gasteiger partial charge on any atom is -0.462 e. The number of rotatable bonds is 61. The van der Waals surface area contributed by atoms with Gasteiger partial charge in [-0.2, -0.15) is 0 Å². The quantitative estimate of drug-likeness (QED) is 0.0373. The van der Waals surface area contributed by atoms with Crippen molar-refractivity contribution in [2.45, 2.75) is 354 Å². The third kappa shape index (κ3) is 62.1. The fourth-order valence-corrected chi connectivity index (χ4v) is 9.94. The number of carbonyl (C=O) groups excluding carboxylic acids is 2. The molecule has 0 aliphatic carbocycles. The Labute approximate surface area is 461 Å². The maximum absolute atomic E-state index is 12.3. The van der Waals surface area contributed by atoms with Crippen molar-refractivity contribution in [3.05, 3.63) is 60.8 Å². The highest BCUT2D eigenvalue weighted by Gasteiger charge is 2.16. The van der Waals surface area contributed by atoms with Crippen molar-refractivity contribution in [1.82, 2.24) is 0 Å². The molecule has 74 heavy (non-hydrogen) atoms. The molecule has 0 amide bonds. The van der Waals surface area contributed by atoms with Crippen LogP contribution in [0.3, 0.4) is 0 Å². The van der Waals surface area contributed by atoms with E-state index in [2.05, 4.69) is 74.6 Å². The van der Waals surface area contributed by atoms with E-state index in [0.29, 0.717) is 12.8 Å². The van der Waals surface area contributed by atoms with E-state index in [4.69, 9.17) is 9.47 Å². The highest BCUT2D eigenvalue weighted by molar-refractivity contribution is 5.70. The van der Waals surface area contributed by atoms with E-state index < -0.39 is 6.10 Å². The van der Waals surface area contributed by atoms with E-state index in [1.54, 1.807) is 0 Å². The lowest BCUT2D eigenvalue weighted by molar-refractivity contribution is -0.161. The minimum absolute atomic E-state index is 0.0630. The second-order valence-electron chi connectivity index (χ2n) is 22.2. The predicted molar refractivity (Wildman–Crippen MR) is 325 cm³/mol. The molecule has 0 bridgehead atoms. The van der Waals surface area contributed by atoms with Crippen LogP contribution in [0.4, 0.5) is 0 Å². The summed E-state index contributed by atoms with van der Waals surface area (Å²) in [6.45, 7) is 4.08. The zero-order valence-electron chi connectivity index (χ0n) is 49.6. The fourth-order valence-electron chi connectivity index (χ4n) is 9.94. The average molecular weight is 1040 g/mol. The van der Waals surface area contributed by atoms with Gasteiger partial charge in [-0.15, -0.1) is 0 Å². The fraction of sp³-hybridized carbons (Fsp3) is 0.826. The molecular formula is C69H126O5. The van der Waals surface area contributed by atoms with E-state index in [9.17, 15) is 14.7 Å². The minimum atomic E-state index is -0.774. The Bertz CT molecular complexity index is 1260. The Hall–Kier alpha value is -2.40. The van der Waals surface area contributed by atoms with Crippen molar-refractivity contribution in [2.24, 2.45) is 0 Å². The van der Waals surface area contributed by atoms with Crippen LogP contribution in [0.1, 0.15) is 348 Å². The number of esters is 2. The lowest BCUT2D eigenvalue weighted by Gasteiger charge is -2.15. The molecule has 0 saturated carbocycles. The molecule has 5 heteroatoms. The van der Waals surface area contributed by atoms with Crippen LogP contribution in [0.25, 0.3) is 0 Å². The Morgan fingerprint density at radius 2 is 0.581 bits per heavy atom. The second kappa shape index (κ2) is 64.9. The van der Waals surface area contributed by atoms with Gasteiger partial charge in [0.2, 0.25) is 0 Å². The highest BCUT2D eigenvalue weighted by Crippen LogP contribution is 2.18. The van der Waals surface area contributed by atoms with E-state index in [1.807, 2.05) is 0 Å².